The summed E-state index contributed by atoms with van der Waals surface area (Å²) in [6.45, 7) is 9.05. The third-order valence-corrected chi connectivity index (χ3v) is 8.41. The Morgan fingerprint density at radius 2 is 1.70 bits per heavy atom. The van der Waals surface area contributed by atoms with Crippen molar-refractivity contribution >= 4 is 51.3 Å². The fourth-order valence-corrected chi connectivity index (χ4v) is 5.96. The minimum absolute atomic E-state index is 0.150. The average Bonchev–Trinajstić information content (AvgIpc) is 2.72. The largest absolute Gasteiger partial charge is 0.292 e. The molecule has 7 heteroatoms. The molecule has 0 aliphatic carbocycles. The van der Waals surface area contributed by atoms with Crippen molar-refractivity contribution in [2.75, 3.05) is 30.3 Å². The molecule has 0 aromatic heterocycles. The molecule has 0 N–H and O–H groups in total. The van der Waals surface area contributed by atoms with Crippen LogP contribution in [0.2, 0.25) is 0 Å². The maximum absolute atomic E-state index is 13.3. The summed E-state index contributed by atoms with van der Waals surface area (Å²) in [5.74, 6) is 3.27. The molecule has 1 aromatic carbocycles. The van der Waals surface area contributed by atoms with E-state index in [1.54, 1.807) is 25.6 Å². The second kappa shape index (κ2) is 12.3. The summed E-state index contributed by atoms with van der Waals surface area (Å²) in [6, 6.07) is 7.91. The second-order valence-electron chi connectivity index (χ2n) is 8.21. The van der Waals surface area contributed by atoms with Gasteiger partial charge >= 0.3 is 0 Å². The van der Waals surface area contributed by atoms with Crippen molar-refractivity contribution in [3.8, 4) is 0 Å². The van der Waals surface area contributed by atoms with Crippen LogP contribution < -0.4 is 0 Å². The van der Waals surface area contributed by atoms with E-state index in [2.05, 4.69) is 4.90 Å². The van der Waals surface area contributed by atoms with Gasteiger partial charge in [-0.15, -0.1) is 11.8 Å². The van der Waals surface area contributed by atoms with Gasteiger partial charge in [-0.1, -0.05) is 35.7 Å². The smallest absolute Gasteiger partial charge is 0.185 e. The molecule has 2 rings (SSSR count). The zero-order valence-electron chi connectivity index (χ0n) is 18.4. The number of nitrogens with zero attached hydrogens (tertiary/aromatic N) is 1. The maximum atomic E-state index is 13.3. The van der Waals surface area contributed by atoms with Crippen molar-refractivity contribution in [2.24, 2.45) is 5.92 Å². The molecule has 1 saturated heterocycles. The number of likely N-dealkylation sites (tertiary alicyclic amines) is 1. The Morgan fingerprint density at radius 1 is 1.03 bits per heavy atom. The molecule has 30 heavy (non-hydrogen) atoms. The van der Waals surface area contributed by atoms with Crippen LogP contribution in [0.3, 0.4) is 0 Å². The number of ketones is 1. The minimum atomic E-state index is -0.557. The van der Waals surface area contributed by atoms with Crippen molar-refractivity contribution in [1.82, 2.24) is 4.90 Å². The van der Waals surface area contributed by atoms with Gasteiger partial charge in [0.05, 0.1) is 5.54 Å². The summed E-state index contributed by atoms with van der Waals surface area (Å²) in [4.78, 5) is 39.0. The van der Waals surface area contributed by atoms with Crippen LogP contribution in [0.25, 0.3) is 0 Å². The molecular weight excluding hydrogens is 434 g/mol. The van der Waals surface area contributed by atoms with Gasteiger partial charge in [0.1, 0.15) is 0 Å². The molecule has 1 fully saturated rings. The van der Waals surface area contributed by atoms with Crippen LogP contribution >= 0.6 is 35.3 Å². The van der Waals surface area contributed by atoms with E-state index >= 15 is 0 Å². The number of rotatable bonds is 10. The average molecular weight is 468 g/mol. The Labute approximate surface area is 193 Å². The fraction of sp³-hybridized carbons (Fsp3) is 0.609. The number of piperidine rings is 1. The molecule has 1 aliphatic heterocycles. The molecule has 1 atom stereocenters. The van der Waals surface area contributed by atoms with Crippen LogP contribution in [0, 0.1) is 5.92 Å². The van der Waals surface area contributed by atoms with Gasteiger partial charge in [0.2, 0.25) is 0 Å². The Bertz CT molecular complexity index is 734. The van der Waals surface area contributed by atoms with Gasteiger partial charge in [0.15, 0.2) is 16.0 Å². The lowest BCUT2D eigenvalue weighted by Crippen LogP contribution is -2.54. The van der Waals surface area contributed by atoms with E-state index in [1.807, 2.05) is 38.1 Å². The summed E-state index contributed by atoms with van der Waals surface area (Å²) < 4.78 is 0. The lowest BCUT2D eigenvalue weighted by atomic mass is 9.87. The first kappa shape index (κ1) is 25.5. The number of hydrogen-bond acceptors (Lipinski definition) is 7. The topological polar surface area (TPSA) is 54.5 Å². The van der Waals surface area contributed by atoms with Crippen LogP contribution in [-0.4, -0.2) is 56.8 Å². The first-order valence-electron chi connectivity index (χ1n) is 10.5. The van der Waals surface area contributed by atoms with E-state index in [4.69, 9.17) is 0 Å². The van der Waals surface area contributed by atoms with E-state index in [0.29, 0.717) is 5.92 Å². The Balaban J connectivity index is 1.90. The highest BCUT2D eigenvalue weighted by Gasteiger charge is 2.37. The molecule has 166 valence electrons. The minimum Gasteiger partial charge on any atom is -0.292 e. The number of hydrogen-bond donors (Lipinski definition) is 0. The lowest BCUT2D eigenvalue weighted by Gasteiger charge is -2.42. The Morgan fingerprint density at radius 3 is 2.33 bits per heavy atom. The van der Waals surface area contributed by atoms with E-state index < -0.39 is 5.54 Å². The molecule has 0 saturated carbocycles. The Kier molecular flexibility index (Phi) is 10.5. The van der Waals surface area contributed by atoms with Crippen LogP contribution in [-0.2, 0) is 9.59 Å². The van der Waals surface area contributed by atoms with Crippen molar-refractivity contribution in [3.63, 3.8) is 0 Å². The molecular formula is C23H33NO3S3. The quantitative estimate of drug-likeness (QED) is 0.259. The first-order chi connectivity index (χ1) is 14.2. The first-order valence-corrected chi connectivity index (χ1v) is 13.4. The van der Waals surface area contributed by atoms with E-state index in [0.717, 1.165) is 60.1 Å². The fourth-order valence-electron chi connectivity index (χ4n) is 3.61. The number of benzene rings is 1. The highest BCUT2D eigenvalue weighted by Crippen LogP contribution is 2.29. The SMILES string of the molecule is CC(=O)SCCCSc1ccc(C(=O)C(C)(C)N2CCCC(CSC(C)=O)C2)cc1. The molecule has 0 bridgehead atoms. The van der Waals surface area contributed by atoms with Gasteiger partial charge in [0.25, 0.3) is 0 Å². The van der Waals surface area contributed by atoms with E-state index in [-0.39, 0.29) is 16.0 Å². The predicted octanol–water partition coefficient (Wildman–Crippen LogP) is 5.40. The van der Waals surface area contributed by atoms with Gasteiger partial charge in [-0.05, 0) is 63.5 Å². The van der Waals surface area contributed by atoms with Gasteiger partial charge < -0.3 is 0 Å². The van der Waals surface area contributed by atoms with Crippen molar-refractivity contribution in [1.29, 1.82) is 0 Å². The highest BCUT2D eigenvalue weighted by molar-refractivity contribution is 8.13. The van der Waals surface area contributed by atoms with Crippen LogP contribution in [0.4, 0.5) is 0 Å². The standard InChI is InChI=1S/C23H33NO3S3/c1-17(25)28-13-6-14-29-21-10-8-20(9-11-21)22(27)23(3,4)24-12-5-7-19(15-24)16-30-18(2)26/h8-11,19H,5-7,12-16H2,1-4H3. The summed E-state index contributed by atoms with van der Waals surface area (Å²) in [7, 11) is 0. The molecule has 0 radical (unpaired) electrons. The van der Waals surface area contributed by atoms with Gasteiger partial charge in [0, 0.05) is 42.4 Å². The number of Topliss-reactive ketones (excluding diaryl/α,β-unsaturated/α-hetero) is 1. The summed E-state index contributed by atoms with van der Waals surface area (Å²) >= 11 is 4.53. The van der Waals surface area contributed by atoms with Crippen molar-refractivity contribution < 1.29 is 14.4 Å². The molecule has 4 nitrogen and oxygen atoms in total. The van der Waals surface area contributed by atoms with Crippen LogP contribution in [0.15, 0.2) is 29.2 Å². The zero-order valence-corrected chi connectivity index (χ0v) is 20.9. The number of thioether (sulfide) groups is 3. The molecule has 0 spiro atoms. The third kappa shape index (κ3) is 8.06. The van der Waals surface area contributed by atoms with E-state index in [1.165, 1.54) is 23.5 Å². The van der Waals surface area contributed by atoms with E-state index in [9.17, 15) is 14.4 Å². The van der Waals surface area contributed by atoms with Crippen molar-refractivity contribution in [2.45, 2.75) is 57.4 Å². The van der Waals surface area contributed by atoms with Crippen LogP contribution in [0.1, 0.15) is 57.3 Å². The summed E-state index contributed by atoms with van der Waals surface area (Å²) in [5, 5.41) is 0.334. The Hall–Kier alpha value is -0.760. The van der Waals surface area contributed by atoms with Gasteiger partial charge in [-0.3, -0.25) is 19.3 Å². The number of carbonyl (C=O) groups is 3. The third-order valence-electron chi connectivity index (χ3n) is 5.37. The monoisotopic (exact) mass is 467 g/mol. The molecule has 1 aromatic rings. The second-order valence-corrected chi connectivity index (χ2v) is 11.8. The van der Waals surface area contributed by atoms with Gasteiger partial charge in [-0.25, -0.2) is 0 Å². The summed E-state index contributed by atoms with van der Waals surface area (Å²) in [5.41, 5.74) is 0.190. The number of carbonyl (C=O) groups excluding carboxylic acids is 3. The highest BCUT2D eigenvalue weighted by atomic mass is 32.2. The summed E-state index contributed by atoms with van der Waals surface area (Å²) in [6.07, 6.45) is 3.18. The van der Waals surface area contributed by atoms with Crippen LogP contribution in [0.5, 0.6) is 0 Å². The molecule has 0 amide bonds. The zero-order chi connectivity index (χ0) is 22.1. The maximum Gasteiger partial charge on any atom is 0.185 e. The molecule has 1 heterocycles. The predicted molar refractivity (Wildman–Crippen MR) is 131 cm³/mol. The molecule has 1 aliphatic rings. The molecule has 1 unspecified atom stereocenters. The normalized spacial score (nSPS) is 17.7. The van der Waals surface area contributed by atoms with Crippen molar-refractivity contribution in [3.05, 3.63) is 29.8 Å². The van der Waals surface area contributed by atoms with Gasteiger partial charge in [-0.2, -0.15) is 0 Å². The lowest BCUT2D eigenvalue weighted by molar-refractivity contribution is -0.109.